The Hall–Kier alpha value is -4.60. The van der Waals surface area contributed by atoms with E-state index >= 15 is 0 Å². The van der Waals surface area contributed by atoms with Crippen LogP contribution < -0.4 is 20.1 Å². The fraction of sp³-hybridized carbons (Fsp3) is 0.259. The van der Waals surface area contributed by atoms with E-state index in [0.29, 0.717) is 40.9 Å². The number of carbonyl (C=O) groups is 2. The van der Waals surface area contributed by atoms with Gasteiger partial charge in [0.25, 0.3) is 11.8 Å². The van der Waals surface area contributed by atoms with Crippen LogP contribution in [0.1, 0.15) is 53.3 Å². The monoisotopic (exact) mass is 501 g/mol. The molecule has 3 heterocycles. The minimum absolute atomic E-state index is 0.0902. The Bertz CT molecular complexity index is 1420. The second-order valence-electron chi connectivity index (χ2n) is 8.63. The highest BCUT2D eigenvalue weighted by atomic mass is 16.7. The number of hydrogen-bond donors (Lipinski definition) is 3. The maximum Gasteiger partial charge on any atom is 0.288 e. The zero-order chi connectivity index (χ0) is 25.8. The molecule has 37 heavy (non-hydrogen) atoms. The van der Waals surface area contributed by atoms with Gasteiger partial charge in [-0.25, -0.2) is 4.98 Å². The molecule has 0 radical (unpaired) electrons. The summed E-state index contributed by atoms with van der Waals surface area (Å²) in [6, 6.07) is 14.7. The van der Waals surface area contributed by atoms with Crippen molar-refractivity contribution >= 4 is 11.8 Å². The molecule has 1 aliphatic heterocycles. The van der Waals surface area contributed by atoms with Gasteiger partial charge in [0.05, 0.1) is 11.9 Å². The lowest BCUT2D eigenvalue weighted by Gasteiger charge is -2.12. The number of nitrogens with zero attached hydrogens (tertiary/aromatic N) is 2. The lowest BCUT2D eigenvalue weighted by Crippen LogP contribution is -2.33. The average Bonchev–Trinajstić information content (AvgIpc) is 3.71. The third-order valence-electron chi connectivity index (χ3n) is 6.17. The number of oxazole rings is 1. The van der Waals surface area contributed by atoms with Gasteiger partial charge in [0.15, 0.2) is 11.5 Å². The number of ether oxygens (including phenoxy) is 2. The van der Waals surface area contributed by atoms with Crippen LogP contribution in [0.3, 0.4) is 0 Å². The summed E-state index contributed by atoms with van der Waals surface area (Å²) >= 11 is 0. The molecule has 0 bridgehead atoms. The van der Waals surface area contributed by atoms with Crippen LogP contribution in [0.15, 0.2) is 59.1 Å². The molecular weight excluding hydrogens is 474 g/mol. The van der Waals surface area contributed by atoms with Crippen LogP contribution in [0.5, 0.6) is 11.5 Å². The standard InChI is InChI=1S/C27H27N5O5/c1-3-19(4-2)30-26(34)24-14-29-27(37-24)18-7-5-6-17(11-18)20-12-21(32-31-20)25(33)28-13-16-8-9-22-23(10-16)36-15-35-22/h5-12,14,19H,3-4,13,15H2,1-2H3,(H,28,33)(H,30,34)(H,31,32). The zero-order valence-electron chi connectivity index (χ0n) is 20.5. The second kappa shape index (κ2) is 10.6. The molecule has 0 aliphatic carbocycles. The molecule has 4 aromatic rings. The molecule has 0 unspecified atom stereocenters. The van der Waals surface area contributed by atoms with Gasteiger partial charge >= 0.3 is 0 Å². The highest BCUT2D eigenvalue weighted by Gasteiger charge is 2.18. The molecule has 0 atom stereocenters. The van der Waals surface area contributed by atoms with E-state index in [0.717, 1.165) is 24.0 Å². The van der Waals surface area contributed by atoms with Crippen LogP contribution in [0.4, 0.5) is 0 Å². The van der Waals surface area contributed by atoms with Crippen molar-refractivity contribution in [2.75, 3.05) is 6.79 Å². The predicted octanol–water partition coefficient (Wildman–Crippen LogP) is 4.31. The molecule has 0 spiro atoms. The predicted molar refractivity (Wildman–Crippen MR) is 135 cm³/mol. The third-order valence-corrected chi connectivity index (χ3v) is 6.17. The van der Waals surface area contributed by atoms with E-state index in [4.69, 9.17) is 13.9 Å². The summed E-state index contributed by atoms with van der Waals surface area (Å²) < 4.78 is 16.4. The molecule has 2 amide bonds. The molecule has 0 saturated heterocycles. The van der Waals surface area contributed by atoms with Crippen molar-refractivity contribution in [2.24, 2.45) is 0 Å². The lowest BCUT2D eigenvalue weighted by atomic mass is 10.1. The Morgan fingerprint density at radius 3 is 2.65 bits per heavy atom. The van der Waals surface area contributed by atoms with E-state index < -0.39 is 0 Å². The van der Waals surface area contributed by atoms with E-state index in [9.17, 15) is 9.59 Å². The number of hydrogen-bond acceptors (Lipinski definition) is 7. The SMILES string of the molecule is CCC(CC)NC(=O)c1cnc(-c2cccc(-c3cc(C(=O)NCc4ccc5c(c4)OCO5)[nH]n3)c2)o1. The second-order valence-corrected chi connectivity index (χ2v) is 8.63. The minimum atomic E-state index is -0.285. The van der Waals surface area contributed by atoms with Crippen LogP contribution in [0.2, 0.25) is 0 Å². The third kappa shape index (κ3) is 5.32. The van der Waals surface area contributed by atoms with Crippen LogP contribution in [0.25, 0.3) is 22.7 Å². The van der Waals surface area contributed by atoms with E-state index in [-0.39, 0.29) is 30.4 Å². The van der Waals surface area contributed by atoms with Crippen LogP contribution in [-0.2, 0) is 6.54 Å². The Balaban J connectivity index is 1.25. The van der Waals surface area contributed by atoms with Gasteiger partial charge < -0.3 is 24.5 Å². The summed E-state index contributed by atoms with van der Waals surface area (Å²) in [5.74, 6) is 1.28. The Morgan fingerprint density at radius 1 is 1.00 bits per heavy atom. The van der Waals surface area contributed by atoms with Gasteiger partial charge in [0, 0.05) is 23.7 Å². The van der Waals surface area contributed by atoms with Gasteiger partial charge in [0.2, 0.25) is 18.4 Å². The van der Waals surface area contributed by atoms with Crippen molar-refractivity contribution in [3.05, 3.63) is 71.7 Å². The summed E-state index contributed by atoms with van der Waals surface area (Å²) in [7, 11) is 0. The number of nitrogens with one attached hydrogen (secondary N) is 3. The number of aromatic nitrogens is 3. The molecule has 3 N–H and O–H groups in total. The first-order valence-corrected chi connectivity index (χ1v) is 12.1. The quantitative estimate of drug-likeness (QED) is 0.311. The number of aromatic amines is 1. The van der Waals surface area contributed by atoms with Crippen LogP contribution in [0, 0.1) is 0 Å². The Kier molecular flexibility index (Phi) is 6.89. The number of carbonyl (C=O) groups excluding carboxylic acids is 2. The zero-order valence-corrected chi connectivity index (χ0v) is 20.5. The van der Waals surface area contributed by atoms with E-state index in [1.807, 2.05) is 56.3 Å². The molecule has 5 rings (SSSR count). The first-order chi connectivity index (χ1) is 18.0. The summed E-state index contributed by atoms with van der Waals surface area (Å²) in [6.07, 6.45) is 3.11. The Labute approximate surface area is 213 Å². The molecule has 2 aromatic carbocycles. The number of H-pyrrole nitrogens is 1. The minimum Gasteiger partial charge on any atom is -0.454 e. The normalized spacial score (nSPS) is 12.1. The summed E-state index contributed by atoms with van der Waals surface area (Å²) in [5, 5.41) is 12.9. The molecule has 0 fully saturated rings. The summed E-state index contributed by atoms with van der Waals surface area (Å²) in [6.45, 7) is 4.58. The highest BCUT2D eigenvalue weighted by Crippen LogP contribution is 2.32. The molecule has 2 aromatic heterocycles. The van der Waals surface area contributed by atoms with Gasteiger partial charge in [-0.15, -0.1) is 0 Å². The van der Waals surface area contributed by atoms with Crippen molar-refractivity contribution in [3.8, 4) is 34.2 Å². The molecule has 0 saturated carbocycles. The smallest absolute Gasteiger partial charge is 0.288 e. The van der Waals surface area contributed by atoms with Crippen molar-refractivity contribution in [3.63, 3.8) is 0 Å². The van der Waals surface area contributed by atoms with Gasteiger partial charge in [-0.3, -0.25) is 14.7 Å². The van der Waals surface area contributed by atoms with Gasteiger partial charge in [0.1, 0.15) is 5.69 Å². The molecule has 10 nitrogen and oxygen atoms in total. The van der Waals surface area contributed by atoms with Crippen molar-refractivity contribution < 1.29 is 23.5 Å². The topological polar surface area (TPSA) is 131 Å². The summed E-state index contributed by atoms with van der Waals surface area (Å²) in [5.41, 5.74) is 3.27. The van der Waals surface area contributed by atoms with E-state index in [2.05, 4.69) is 25.8 Å². The Morgan fingerprint density at radius 2 is 1.81 bits per heavy atom. The van der Waals surface area contributed by atoms with E-state index in [1.165, 1.54) is 6.20 Å². The van der Waals surface area contributed by atoms with Crippen molar-refractivity contribution in [1.29, 1.82) is 0 Å². The fourth-order valence-corrected chi connectivity index (χ4v) is 3.99. The van der Waals surface area contributed by atoms with E-state index in [1.54, 1.807) is 6.07 Å². The van der Waals surface area contributed by atoms with Crippen molar-refractivity contribution in [2.45, 2.75) is 39.3 Å². The summed E-state index contributed by atoms with van der Waals surface area (Å²) in [4.78, 5) is 29.4. The fourth-order valence-electron chi connectivity index (χ4n) is 3.99. The lowest BCUT2D eigenvalue weighted by molar-refractivity contribution is 0.0906. The van der Waals surface area contributed by atoms with Crippen LogP contribution >= 0.6 is 0 Å². The largest absolute Gasteiger partial charge is 0.454 e. The molecular formula is C27H27N5O5. The molecule has 10 heteroatoms. The molecule has 1 aliphatic rings. The average molecular weight is 502 g/mol. The maximum absolute atomic E-state index is 12.7. The first kappa shape index (κ1) is 24.1. The van der Waals surface area contributed by atoms with Crippen molar-refractivity contribution in [1.82, 2.24) is 25.8 Å². The first-order valence-electron chi connectivity index (χ1n) is 12.1. The number of fused-ring (bicyclic) bond motifs is 1. The highest BCUT2D eigenvalue weighted by molar-refractivity contribution is 5.93. The van der Waals surface area contributed by atoms with Gasteiger partial charge in [-0.1, -0.05) is 32.0 Å². The molecule has 190 valence electrons. The van der Waals surface area contributed by atoms with Gasteiger partial charge in [-0.05, 0) is 48.7 Å². The number of amides is 2. The maximum atomic E-state index is 12.7. The van der Waals surface area contributed by atoms with Crippen LogP contribution in [-0.4, -0.2) is 39.8 Å². The van der Waals surface area contributed by atoms with Gasteiger partial charge in [-0.2, -0.15) is 5.10 Å². The number of benzene rings is 2. The number of rotatable bonds is 9.